The van der Waals surface area contributed by atoms with E-state index in [0.717, 1.165) is 12.8 Å². The molecule has 28 heavy (non-hydrogen) atoms. The highest BCUT2D eigenvalue weighted by atomic mass is 35.5. The van der Waals surface area contributed by atoms with Gasteiger partial charge in [-0.25, -0.2) is 4.79 Å². The van der Waals surface area contributed by atoms with E-state index in [1.807, 2.05) is 0 Å². The zero-order chi connectivity index (χ0) is 20.7. The lowest BCUT2D eigenvalue weighted by molar-refractivity contribution is -0.152. The van der Waals surface area contributed by atoms with Gasteiger partial charge in [0.15, 0.2) is 6.61 Å². The molecule has 9 nitrogen and oxygen atoms in total. The number of esters is 1. The second kappa shape index (κ2) is 9.93. The highest BCUT2D eigenvalue weighted by Gasteiger charge is 2.25. The molecule has 0 radical (unpaired) electrons. The van der Waals surface area contributed by atoms with Gasteiger partial charge in [0.1, 0.15) is 0 Å². The Hall–Kier alpha value is -2.81. The molecule has 0 heterocycles. The molecule has 1 fully saturated rings. The van der Waals surface area contributed by atoms with E-state index in [1.54, 1.807) is 24.3 Å². The van der Waals surface area contributed by atoms with Crippen LogP contribution >= 0.6 is 11.6 Å². The fraction of sp³-hybridized carbons (Fsp3) is 0.444. The van der Waals surface area contributed by atoms with Crippen molar-refractivity contribution in [2.45, 2.75) is 31.3 Å². The van der Waals surface area contributed by atoms with E-state index in [2.05, 4.69) is 10.6 Å². The van der Waals surface area contributed by atoms with Crippen molar-refractivity contribution in [2.75, 3.05) is 20.2 Å². The summed E-state index contributed by atoms with van der Waals surface area (Å²) in [4.78, 5) is 48.3. The van der Waals surface area contributed by atoms with Crippen LogP contribution in [0, 0.1) is 0 Å². The van der Waals surface area contributed by atoms with Gasteiger partial charge >= 0.3 is 12.0 Å². The van der Waals surface area contributed by atoms with E-state index in [-0.39, 0.29) is 24.9 Å². The van der Waals surface area contributed by atoms with Crippen molar-refractivity contribution in [3.05, 3.63) is 34.9 Å². The van der Waals surface area contributed by atoms with Crippen LogP contribution in [-0.2, 0) is 19.1 Å². The summed E-state index contributed by atoms with van der Waals surface area (Å²) in [5.74, 6) is -1.49. The Kier molecular flexibility index (Phi) is 7.62. The lowest BCUT2D eigenvalue weighted by Crippen LogP contribution is -2.41. The van der Waals surface area contributed by atoms with Crippen LogP contribution < -0.4 is 16.4 Å². The van der Waals surface area contributed by atoms with Gasteiger partial charge in [0.25, 0.3) is 5.91 Å². The van der Waals surface area contributed by atoms with Gasteiger partial charge in [-0.15, -0.1) is 0 Å². The maximum absolute atomic E-state index is 12.1. The van der Waals surface area contributed by atoms with Gasteiger partial charge in [-0.05, 0) is 24.5 Å². The zero-order valence-electron chi connectivity index (χ0n) is 15.4. The molecule has 0 bridgehead atoms. The fourth-order valence-electron chi connectivity index (χ4n) is 2.45. The highest BCUT2D eigenvalue weighted by Crippen LogP contribution is 2.25. The molecule has 1 saturated carbocycles. The molecule has 152 valence electrons. The quantitative estimate of drug-likeness (QED) is 0.516. The molecule has 2 rings (SSSR count). The van der Waals surface area contributed by atoms with Gasteiger partial charge in [-0.3, -0.25) is 14.4 Å². The summed E-state index contributed by atoms with van der Waals surface area (Å²) in [7, 11) is 1.45. The summed E-state index contributed by atoms with van der Waals surface area (Å²) < 4.78 is 4.98. The summed E-state index contributed by atoms with van der Waals surface area (Å²) in [5, 5.41) is 5.55. The number of primary amides is 1. The van der Waals surface area contributed by atoms with Gasteiger partial charge in [0.05, 0.1) is 19.0 Å². The molecule has 0 saturated heterocycles. The van der Waals surface area contributed by atoms with Crippen LogP contribution in [0.4, 0.5) is 4.79 Å². The van der Waals surface area contributed by atoms with Crippen LogP contribution in [0.15, 0.2) is 24.3 Å². The van der Waals surface area contributed by atoms with Crippen molar-refractivity contribution in [1.29, 1.82) is 0 Å². The van der Waals surface area contributed by atoms with E-state index in [0.29, 0.717) is 10.6 Å². The Morgan fingerprint density at radius 2 is 1.96 bits per heavy atom. The van der Waals surface area contributed by atoms with E-state index < -0.39 is 30.6 Å². The first-order valence-electron chi connectivity index (χ1n) is 8.75. The third-order valence-electron chi connectivity index (χ3n) is 4.07. The van der Waals surface area contributed by atoms with Crippen LogP contribution in [0.3, 0.4) is 0 Å². The average molecular weight is 411 g/mol. The molecule has 0 aromatic heterocycles. The van der Waals surface area contributed by atoms with Crippen molar-refractivity contribution in [3.63, 3.8) is 0 Å². The van der Waals surface area contributed by atoms with Crippen molar-refractivity contribution in [2.24, 2.45) is 5.73 Å². The molecule has 1 aromatic carbocycles. The number of hydrogen-bond donors (Lipinski definition) is 3. The molecule has 0 spiro atoms. The Balaban J connectivity index is 1.84. The summed E-state index contributed by atoms with van der Waals surface area (Å²) in [6, 6.07) is 5.25. The molecule has 4 N–H and O–H groups in total. The summed E-state index contributed by atoms with van der Waals surface area (Å²) >= 11 is 6.10. The third kappa shape index (κ3) is 7.07. The van der Waals surface area contributed by atoms with Gasteiger partial charge in [-0.1, -0.05) is 29.8 Å². The Morgan fingerprint density at radius 1 is 1.29 bits per heavy atom. The van der Waals surface area contributed by atoms with Crippen molar-refractivity contribution >= 4 is 35.4 Å². The lowest BCUT2D eigenvalue weighted by Gasteiger charge is -2.19. The predicted molar refractivity (Wildman–Crippen MR) is 101 cm³/mol. The second-order valence-electron chi connectivity index (χ2n) is 6.54. The normalized spacial score (nSPS) is 13.9. The first-order chi connectivity index (χ1) is 13.3. The average Bonchev–Trinajstić information content (AvgIpc) is 3.42. The van der Waals surface area contributed by atoms with Crippen LogP contribution in [0.25, 0.3) is 0 Å². The number of nitrogens with zero attached hydrogens (tertiary/aromatic N) is 1. The van der Waals surface area contributed by atoms with E-state index in [9.17, 15) is 19.2 Å². The number of carbonyl (C=O) groups is 4. The number of ether oxygens (including phenoxy) is 1. The van der Waals surface area contributed by atoms with Gasteiger partial charge in [-0.2, -0.15) is 0 Å². The molecule has 1 aliphatic rings. The number of amides is 4. The Morgan fingerprint density at radius 3 is 2.57 bits per heavy atom. The van der Waals surface area contributed by atoms with Crippen molar-refractivity contribution in [3.8, 4) is 0 Å². The fourth-order valence-corrected chi connectivity index (χ4v) is 2.72. The Bertz CT molecular complexity index is 753. The number of nitrogens with one attached hydrogen (secondary N) is 2. The molecular formula is C18H23ClN4O5. The highest BCUT2D eigenvalue weighted by molar-refractivity contribution is 6.31. The lowest BCUT2D eigenvalue weighted by atomic mass is 10.0. The molecule has 0 aliphatic heterocycles. The number of rotatable bonds is 9. The van der Waals surface area contributed by atoms with Crippen LogP contribution in [-0.4, -0.2) is 55.0 Å². The van der Waals surface area contributed by atoms with Gasteiger partial charge < -0.3 is 26.0 Å². The molecule has 0 unspecified atom stereocenters. The van der Waals surface area contributed by atoms with E-state index >= 15 is 0 Å². The summed E-state index contributed by atoms with van der Waals surface area (Å²) in [5.41, 5.74) is 5.66. The predicted octanol–water partition coefficient (Wildman–Crippen LogP) is 0.720. The largest absolute Gasteiger partial charge is 0.455 e. The zero-order valence-corrected chi connectivity index (χ0v) is 16.2. The molecule has 1 aliphatic carbocycles. The van der Waals surface area contributed by atoms with Crippen LogP contribution in [0.2, 0.25) is 5.02 Å². The van der Waals surface area contributed by atoms with E-state index in [1.165, 1.54) is 11.9 Å². The first-order valence-corrected chi connectivity index (χ1v) is 9.13. The second-order valence-corrected chi connectivity index (χ2v) is 6.95. The van der Waals surface area contributed by atoms with Crippen molar-refractivity contribution in [1.82, 2.24) is 15.5 Å². The standard InChI is InChI=1S/C18H23ClN4O5/c1-23(9-15(24)21-11-6-7-11)16(25)10-28-17(26)8-14(22-18(20)27)12-4-2-3-5-13(12)19/h2-5,11,14H,6-10H2,1H3,(H,21,24)(H3,20,22,27)/t14-/m0/s1. The monoisotopic (exact) mass is 410 g/mol. The Labute approximate surface area is 167 Å². The maximum atomic E-state index is 12.1. The van der Waals surface area contributed by atoms with Gasteiger partial charge in [0, 0.05) is 18.1 Å². The van der Waals surface area contributed by atoms with E-state index in [4.69, 9.17) is 22.1 Å². The summed E-state index contributed by atoms with van der Waals surface area (Å²) in [6.07, 6.45) is 1.64. The number of likely N-dealkylation sites (N-methyl/N-ethyl adjacent to an activating group) is 1. The summed E-state index contributed by atoms with van der Waals surface area (Å²) in [6.45, 7) is -0.629. The minimum Gasteiger partial charge on any atom is -0.455 e. The topological polar surface area (TPSA) is 131 Å². The minimum absolute atomic E-state index is 0.113. The van der Waals surface area contributed by atoms with Crippen LogP contribution in [0.5, 0.6) is 0 Å². The number of hydrogen-bond acceptors (Lipinski definition) is 5. The smallest absolute Gasteiger partial charge is 0.312 e. The van der Waals surface area contributed by atoms with Gasteiger partial charge in [0.2, 0.25) is 5.91 Å². The molecule has 4 amide bonds. The molecule has 10 heteroatoms. The molecule has 1 aromatic rings. The first kappa shape index (κ1) is 21.5. The number of carbonyl (C=O) groups excluding carboxylic acids is 4. The molecule has 1 atom stereocenters. The maximum Gasteiger partial charge on any atom is 0.312 e. The number of halogens is 1. The number of urea groups is 1. The number of benzene rings is 1. The molecular weight excluding hydrogens is 388 g/mol. The minimum atomic E-state index is -0.824. The number of nitrogens with two attached hydrogens (primary N) is 1. The van der Waals surface area contributed by atoms with Crippen LogP contribution in [0.1, 0.15) is 30.9 Å². The van der Waals surface area contributed by atoms with Crippen molar-refractivity contribution < 1.29 is 23.9 Å². The SMILES string of the molecule is CN(CC(=O)NC1CC1)C(=O)COC(=O)C[C@H](NC(N)=O)c1ccccc1Cl. The third-order valence-corrected chi connectivity index (χ3v) is 4.42.